The van der Waals surface area contributed by atoms with Crippen LogP contribution in [0.25, 0.3) is 6.08 Å². The van der Waals surface area contributed by atoms with Gasteiger partial charge in [0.2, 0.25) is 5.90 Å². The van der Waals surface area contributed by atoms with Gasteiger partial charge in [-0.1, -0.05) is 18.2 Å². The first-order chi connectivity index (χ1) is 16.3. The van der Waals surface area contributed by atoms with E-state index >= 15 is 0 Å². The zero-order valence-corrected chi connectivity index (χ0v) is 17.8. The van der Waals surface area contributed by atoms with Gasteiger partial charge in [-0.3, -0.25) is 20.2 Å². The molecule has 0 amide bonds. The number of esters is 1. The van der Waals surface area contributed by atoms with E-state index in [1.807, 2.05) is 0 Å². The summed E-state index contributed by atoms with van der Waals surface area (Å²) in [5.74, 6) is -0.140. The van der Waals surface area contributed by atoms with E-state index < -0.39 is 15.8 Å². The van der Waals surface area contributed by atoms with Crippen LogP contribution in [0.3, 0.4) is 0 Å². The van der Waals surface area contributed by atoms with E-state index in [2.05, 4.69) is 4.99 Å². The van der Waals surface area contributed by atoms with Crippen molar-refractivity contribution in [3.05, 3.63) is 115 Å². The molecule has 3 aromatic rings. The first-order valence-corrected chi connectivity index (χ1v) is 10.0. The fourth-order valence-corrected chi connectivity index (χ4v) is 3.31. The third kappa shape index (κ3) is 4.80. The number of hydrogen-bond donors (Lipinski definition) is 0. The molecule has 1 aliphatic heterocycles. The molecule has 0 N–H and O–H groups in total. The first-order valence-electron chi connectivity index (χ1n) is 10.0. The molecule has 0 spiro atoms. The quantitative estimate of drug-likeness (QED) is 0.216. The van der Waals surface area contributed by atoms with E-state index in [1.54, 1.807) is 49.4 Å². The molecule has 0 aromatic heterocycles. The lowest BCUT2D eigenvalue weighted by atomic mass is 10.1. The number of hydrogen-bond acceptors (Lipinski definition) is 8. The predicted octanol–water partition coefficient (Wildman–Crippen LogP) is 4.73. The van der Waals surface area contributed by atoms with E-state index in [0.29, 0.717) is 22.4 Å². The van der Waals surface area contributed by atoms with Crippen LogP contribution in [-0.2, 0) is 16.1 Å². The number of cyclic esters (lactones) is 1. The second kappa shape index (κ2) is 9.33. The molecule has 0 aliphatic carbocycles. The molecule has 0 radical (unpaired) electrons. The summed E-state index contributed by atoms with van der Waals surface area (Å²) in [6, 6.07) is 17.5. The highest BCUT2D eigenvalue weighted by Gasteiger charge is 2.27. The molecule has 0 saturated heterocycles. The van der Waals surface area contributed by atoms with Crippen LogP contribution in [0.2, 0.25) is 0 Å². The Morgan fingerprint density at radius 3 is 2.44 bits per heavy atom. The topological polar surface area (TPSA) is 134 Å². The van der Waals surface area contributed by atoms with Crippen molar-refractivity contribution < 1.29 is 24.1 Å². The average Bonchev–Trinajstić information content (AvgIpc) is 3.18. The minimum Gasteiger partial charge on any atom is -0.489 e. The summed E-state index contributed by atoms with van der Waals surface area (Å²) in [6.07, 6.45) is 1.53. The van der Waals surface area contributed by atoms with Crippen molar-refractivity contribution in [2.24, 2.45) is 4.99 Å². The number of carbonyl (C=O) groups excluding carboxylic acids is 1. The molecule has 0 fully saturated rings. The van der Waals surface area contributed by atoms with Crippen molar-refractivity contribution in [3.63, 3.8) is 0 Å². The predicted molar refractivity (Wildman–Crippen MR) is 122 cm³/mol. The first kappa shape index (κ1) is 22.3. The minimum absolute atomic E-state index is 0.000970. The summed E-state index contributed by atoms with van der Waals surface area (Å²) in [7, 11) is 0. The van der Waals surface area contributed by atoms with E-state index in [-0.39, 0.29) is 29.6 Å². The number of ether oxygens (including phenoxy) is 2. The Bertz CT molecular complexity index is 1360. The van der Waals surface area contributed by atoms with Crippen molar-refractivity contribution >= 4 is 29.3 Å². The minimum atomic E-state index is -0.668. The molecule has 10 heteroatoms. The molecule has 10 nitrogen and oxygen atoms in total. The standard InChI is InChI=1S/C24H17N3O7/c1-15-20(6-3-7-22(15)27(31)32)23-25-21(24(28)34-23)13-17-4-2-5-19(12-17)33-14-16-8-10-18(11-9-16)26(29)30/h2-13H,14H2,1H3/b21-13-. The molecule has 170 valence electrons. The lowest BCUT2D eigenvalue weighted by Crippen LogP contribution is -2.08. The number of nitrogens with zero attached hydrogens (tertiary/aromatic N) is 3. The molecule has 3 aromatic carbocycles. The highest BCUT2D eigenvalue weighted by molar-refractivity contribution is 6.13. The molecular weight excluding hydrogens is 442 g/mol. The zero-order valence-electron chi connectivity index (χ0n) is 17.8. The van der Waals surface area contributed by atoms with Crippen molar-refractivity contribution in [3.8, 4) is 5.75 Å². The van der Waals surface area contributed by atoms with Crippen LogP contribution in [0.15, 0.2) is 77.4 Å². The maximum absolute atomic E-state index is 12.3. The number of non-ortho nitro benzene ring substituents is 1. The number of nitro benzene ring substituents is 2. The Hall–Kier alpha value is -4.86. The van der Waals surface area contributed by atoms with Crippen molar-refractivity contribution in [2.45, 2.75) is 13.5 Å². The van der Waals surface area contributed by atoms with Gasteiger partial charge in [-0.2, -0.15) is 0 Å². The van der Waals surface area contributed by atoms with Gasteiger partial charge in [0.15, 0.2) is 5.70 Å². The Kier molecular flexibility index (Phi) is 6.13. The summed E-state index contributed by atoms with van der Waals surface area (Å²) in [4.78, 5) is 37.5. The largest absolute Gasteiger partial charge is 0.489 e. The smallest absolute Gasteiger partial charge is 0.363 e. The molecule has 0 atom stereocenters. The SMILES string of the molecule is Cc1c(C2=N/C(=C\c3cccc(OCc4ccc([N+](=O)[O-])cc4)c3)C(=O)O2)cccc1[N+](=O)[O-]. The number of benzene rings is 3. The molecule has 0 bridgehead atoms. The number of carbonyl (C=O) groups is 1. The highest BCUT2D eigenvalue weighted by Crippen LogP contribution is 2.26. The number of rotatable bonds is 7. The molecule has 4 rings (SSSR count). The second-order valence-electron chi connectivity index (χ2n) is 7.33. The lowest BCUT2D eigenvalue weighted by molar-refractivity contribution is -0.385. The van der Waals surface area contributed by atoms with E-state index in [0.717, 1.165) is 5.56 Å². The third-order valence-corrected chi connectivity index (χ3v) is 5.07. The summed E-state index contributed by atoms with van der Waals surface area (Å²) in [5, 5.41) is 21.9. The zero-order chi connectivity index (χ0) is 24.2. The van der Waals surface area contributed by atoms with Gasteiger partial charge in [-0.05, 0) is 54.5 Å². The Labute approximate surface area is 193 Å². The fraction of sp³-hybridized carbons (Fsp3) is 0.0833. The average molecular weight is 459 g/mol. The monoisotopic (exact) mass is 459 g/mol. The fourth-order valence-electron chi connectivity index (χ4n) is 3.31. The van der Waals surface area contributed by atoms with Crippen LogP contribution >= 0.6 is 0 Å². The molecule has 0 saturated carbocycles. The Balaban J connectivity index is 1.52. The summed E-state index contributed by atoms with van der Waals surface area (Å²) in [5.41, 5.74) is 2.07. The lowest BCUT2D eigenvalue weighted by Gasteiger charge is -2.07. The Morgan fingerprint density at radius 1 is 1.00 bits per heavy atom. The highest BCUT2D eigenvalue weighted by atomic mass is 16.6. The van der Waals surface area contributed by atoms with Crippen LogP contribution in [0.1, 0.15) is 22.3 Å². The van der Waals surface area contributed by atoms with Gasteiger partial charge in [-0.15, -0.1) is 0 Å². The normalized spacial score (nSPS) is 14.0. The van der Waals surface area contributed by atoms with E-state index in [9.17, 15) is 25.0 Å². The van der Waals surface area contributed by atoms with Gasteiger partial charge in [0.25, 0.3) is 11.4 Å². The summed E-state index contributed by atoms with van der Waals surface area (Å²) < 4.78 is 11.0. The van der Waals surface area contributed by atoms with E-state index in [4.69, 9.17) is 9.47 Å². The second-order valence-corrected chi connectivity index (χ2v) is 7.33. The maximum Gasteiger partial charge on any atom is 0.363 e. The van der Waals surface area contributed by atoms with Crippen molar-refractivity contribution in [1.29, 1.82) is 0 Å². The van der Waals surface area contributed by atoms with Crippen molar-refractivity contribution in [2.75, 3.05) is 0 Å². The summed E-state index contributed by atoms with van der Waals surface area (Å²) >= 11 is 0. The molecule has 1 heterocycles. The van der Waals surface area contributed by atoms with Gasteiger partial charge in [0.1, 0.15) is 12.4 Å². The van der Waals surface area contributed by atoms with Gasteiger partial charge >= 0.3 is 5.97 Å². The van der Waals surface area contributed by atoms with Crippen LogP contribution in [0, 0.1) is 27.2 Å². The molecule has 1 aliphatic rings. The number of aliphatic imine (C=N–C) groups is 1. The van der Waals surface area contributed by atoms with Gasteiger partial charge in [0.05, 0.1) is 9.85 Å². The van der Waals surface area contributed by atoms with Crippen LogP contribution in [-0.4, -0.2) is 21.7 Å². The van der Waals surface area contributed by atoms with Crippen molar-refractivity contribution in [1.82, 2.24) is 0 Å². The maximum atomic E-state index is 12.3. The summed E-state index contributed by atoms with van der Waals surface area (Å²) in [6.45, 7) is 1.77. The number of nitro groups is 2. The van der Waals surface area contributed by atoms with Gasteiger partial charge < -0.3 is 9.47 Å². The molecule has 0 unspecified atom stereocenters. The van der Waals surface area contributed by atoms with Gasteiger partial charge in [-0.25, -0.2) is 9.79 Å². The van der Waals surface area contributed by atoms with Crippen LogP contribution in [0.5, 0.6) is 5.75 Å². The third-order valence-electron chi connectivity index (χ3n) is 5.07. The van der Waals surface area contributed by atoms with E-state index in [1.165, 1.54) is 30.3 Å². The molecular formula is C24H17N3O7. The van der Waals surface area contributed by atoms with Gasteiger partial charge in [0, 0.05) is 29.3 Å². The Morgan fingerprint density at radius 2 is 1.74 bits per heavy atom. The molecule has 34 heavy (non-hydrogen) atoms. The van der Waals surface area contributed by atoms with Crippen LogP contribution in [0.4, 0.5) is 11.4 Å². The van der Waals surface area contributed by atoms with Crippen LogP contribution < -0.4 is 4.74 Å².